The van der Waals surface area contributed by atoms with Crippen LogP contribution in [-0.4, -0.2) is 59.9 Å². The fourth-order valence-electron chi connectivity index (χ4n) is 4.32. The van der Waals surface area contributed by atoms with Crippen molar-refractivity contribution in [1.29, 1.82) is 0 Å². The third kappa shape index (κ3) is 2.84. The van der Waals surface area contributed by atoms with Gasteiger partial charge in [0.05, 0.1) is 31.9 Å². The maximum atomic E-state index is 13.3. The van der Waals surface area contributed by atoms with Crippen LogP contribution in [0.1, 0.15) is 30.8 Å². The monoisotopic (exact) mass is 477 g/mol. The zero-order valence-corrected chi connectivity index (χ0v) is 17.3. The first-order valence-corrected chi connectivity index (χ1v) is 10.2. The van der Waals surface area contributed by atoms with Gasteiger partial charge in [-0.25, -0.2) is 4.79 Å². The Morgan fingerprint density at radius 2 is 1.78 bits per heavy atom. The number of fused-ring (bicyclic) bond motifs is 5. The third-order valence-electron chi connectivity index (χ3n) is 5.70. The van der Waals surface area contributed by atoms with Gasteiger partial charge in [-0.05, 0) is 22.9 Å². The van der Waals surface area contributed by atoms with Crippen LogP contribution in [0.4, 0.5) is 0 Å². The zero-order valence-electron chi connectivity index (χ0n) is 20.1. The van der Waals surface area contributed by atoms with E-state index < -0.39 is 60.4 Å². The van der Waals surface area contributed by atoms with Crippen LogP contribution < -0.4 is 17.0 Å². The van der Waals surface area contributed by atoms with E-state index >= 15 is 0 Å². The van der Waals surface area contributed by atoms with Gasteiger partial charge in [-0.15, -0.1) is 22.7 Å². The van der Waals surface area contributed by atoms with Crippen LogP contribution in [0.15, 0.2) is 35.0 Å². The Hall–Kier alpha value is -0.770. The molecule has 2 bridgehead atoms. The number of halogens is 1. The number of quaternary nitrogens is 1. The Bertz CT molecular complexity index is 944. The Balaban J connectivity index is 0.00000259. The molecule has 3 saturated heterocycles. The second-order valence-corrected chi connectivity index (χ2v) is 9.04. The molecule has 0 saturated carbocycles. The van der Waals surface area contributed by atoms with Crippen molar-refractivity contribution >= 4 is 28.6 Å². The van der Waals surface area contributed by atoms with Gasteiger partial charge in [0.15, 0.2) is 0 Å². The second kappa shape index (κ2) is 6.64. The molecule has 0 aliphatic carbocycles. The topological polar surface area (TPSA) is 59.1 Å². The number of ether oxygens (including phenoxy) is 2. The molecule has 2 aromatic heterocycles. The van der Waals surface area contributed by atoms with Crippen molar-refractivity contribution in [2.24, 2.45) is 0 Å². The molecule has 27 heavy (non-hydrogen) atoms. The number of nitrogens with zero attached hydrogens (tertiary/aromatic N) is 1. The summed E-state index contributed by atoms with van der Waals surface area (Å²) in [5.41, 5.74) is -1.97. The van der Waals surface area contributed by atoms with Crippen molar-refractivity contribution in [3.63, 3.8) is 0 Å². The van der Waals surface area contributed by atoms with Crippen LogP contribution in [0.3, 0.4) is 0 Å². The number of esters is 1. The Morgan fingerprint density at radius 3 is 2.22 bits per heavy atom. The summed E-state index contributed by atoms with van der Waals surface area (Å²) in [6.45, 7) is -5.53. The van der Waals surface area contributed by atoms with E-state index in [4.69, 9.17) is 17.7 Å². The lowest BCUT2D eigenvalue weighted by molar-refractivity contribution is -0.938. The maximum Gasteiger partial charge on any atom is 0.349 e. The number of carbonyl (C=O) groups excluding carboxylic acids is 1. The molecule has 3 fully saturated rings. The number of rotatable bonds is 4. The number of epoxide rings is 1. The first kappa shape index (κ1) is 13.5. The lowest BCUT2D eigenvalue weighted by Gasteiger charge is -2.45. The Kier molecular flexibility index (Phi) is 3.31. The molecule has 1 N–H and O–H groups in total. The SMILES string of the molecule is [2H]C([2H])([2H])[N+]1(C([2H])([2H])[2H])C2CC(OC(=O)C(O)(c3cccs3)c3cccs3)CC1C1OC12.[Br-]. The van der Waals surface area contributed by atoms with E-state index in [0.29, 0.717) is 9.75 Å². The maximum absolute atomic E-state index is 13.3. The molecular formula is C19H22BrNO4S2. The zero-order chi connectivity index (χ0) is 23.1. The molecule has 5 nitrogen and oxygen atoms in total. The van der Waals surface area contributed by atoms with Crippen molar-refractivity contribution in [3.8, 4) is 0 Å². The first-order valence-electron chi connectivity index (χ1n) is 11.5. The van der Waals surface area contributed by atoms with Crippen molar-refractivity contribution in [2.45, 2.75) is 48.8 Å². The van der Waals surface area contributed by atoms with Gasteiger partial charge in [0.1, 0.15) is 30.4 Å². The molecule has 0 amide bonds. The van der Waals surface area contributed by atoms with E-state index in [1.54, 1.807) is 35.0 Å². The molecule has 0 aromatic carbocycles. The van der Waals surface area contributed by atoms with Crippen molar-refractivity contribution < 1.29 is 49.1 Å². The molecule has 4 unspecified atom stereocenters. The standard InChI is InChI=1S/C19H22NO4S2.BrH/c1-20(2)12-9-11(10-13(20)17-16(12)24-17)23-18(21)19(22,14-5-3-7-25-14)15-6-4-8-26-15;/h3-8,11-13,16-17,22H,9-10H2,1-2H3;1H/q+1;/p-1/i1D3,2D3;. The number of likely N-dealkylation sites (N-methyl/N-ethyl adjacent to an activating group) is 1. The Labute approximate surface area is 185 Å². The van der Waals surface area contributed by atoms with Crippen LogP contribution in [0.25, 0.3) is 0 Å². The lowest BCUT2D eigenvalue weighted by atomic mass is 9.95. The van der Waals surface area contributed by atoms with E-state index in [1.807, 2.05) is 0 Å². The van der Waals surface area contributed by atoms with E-state index in [0.717, 1.165) is 0 Å². The van der Waals surface area contributed by atoms with Crippen LogP contribution in [0, 0.1) is 0 Å². The molecular weight excluding hydrogens is 450 g/mol. The predicted octanol–water partition coefficient (Wildman–Crippen LogP) is -0.650. The van der Waals surface area contributed by atoms with Crippen molar-refractivity contribution in [2.75, 3.05) is 14.0 Å². The average Bonchev–Trinajstić information content (AvgIpc) is 3.07. The fraction of sp³-hybridized carbons (Fsp3) is 0.526. The minimum Gasteiger partial charge on any atom is -1.00 e. The summed E-state index contributed by atoms with van der Waals surface area (Å²) in [4.78, 5) is 14.1. The molecule has 3 aliphatic rings. The molecule has 3 aliphatic heterocycles. The van der Waals surface area contributed by atoms with Gasteiger partial charge in [-0.1, -0.05) is 12.1 Å². The minimum absolute atomic E-state index is 0. The normalized spacial score (nSPS) is 37.3. The molecule has 2 aromatic rings. The highest BCUT2D eigenvalue weighted by Gasteiger charge is 2.71. The molecule has 146 valence electrons. The number of aliphatic hydroxyl groups is 1. The summed E-state index contributed by atoms with van der Waals surface area (Å²) in [7, 11) is 0. The van der Waals surface area contributed by atoms with Gasteiger partial charge in [0.2, 0.25) is 5.60 Å². The number of carbonyl (C=O) groups is 1. The minimum atomic E-state index is -2.76. The number of morpholine rings is 1. The highest BCUT2D eigenvalue weighted by Crippen LogP contribution is 2.52. The lowest BCUT2D eigenvalue weighted by Crippen LogP contribution is -3.00. The van der Waals surface area contributed by atoms with Crippen LogP contribution >= 0.6 is 22.7 Å². The first-order chi connectivity index (χ1) is 14.9. The van der Waals surface area contributed by atoms with E-state index in [2.05, 4.69) is 0 Å². The number of hydrogen-bond donors (Lipinski definition) is 1. The molecule has 5 rings (SSSR count). The predicted molar refractivity (Wildman–Crippen MR) is 99.1 cm³/mol. The van der Waals surface area contributed by atoms with Crippen LogP contribution in [-0.2, 0) is 19.9 Å². The van der Waals surface area contributed by atoms with Crippen molar-refractivity contribution in [1.82, 2.24) is 0 Å². The largest absolute Gasteiger partial charge is 1.00 e. The van der Waals surface area contributed by atoms with Crippen LogP contribution in [0.5, 0.6) is 0 Å². The van der Waals surface area contributed by atoms with Gasteiger partial charge < -0.3 is 36.0 Å². The summed E-state index contributed by atoms with van der Waals surface area (Å²) in [6.07, 6.45) is -1.57. The summed E-state index contributed by atoms with van der Waals surface area (Å²) < 4.78 is 58.8. The summed E-state index contributed by atoms with van der Waals surface area (Å²) in [6, 6.07) is 5.10. The number of hydrogen-bond acceptors (Lipinski definition) is 6. The van der Waals surface area contributed by atoms with Gasteiger partial charge in [-0.3, -0.25) is 0 Å². The Morgan fingerprint density at radius 1 is 1.22 bits per heavy atom. The molecule has 4 atom stereocenters. The van der Waals surface area contributed by atoms with Crippen LogP contribution in [0.2, 0.25) is 0 Å². The molecule has 0 radical (unpaired) electrons. The van der Waals surface area contributed by atoms with Gasteiger partial charge in [0.25, 0.3) is 0 Å². The van der Waals surface area contributed by atoms with Gasteiger partial charge in [0, 0.05) is 12.8 Å². The number of thiophene rings is 2. The summed E-state index contributed by atoms with van der Waals surface area (Å²) in [5.74, 6) is -0.843. The van der Waals surface area contributed by atoms with E-state index in [9.17, 15) is 9.90 Å². The second-order valence-electron chi connectivity index (χ2n) is 7.14. The molecule has 0 spiro atoms. The quantitative estimate of drug-likeness (QED) is 0.361. The third-order valence-corrected chi connectivity index (χ3v) is 7.66. The van der Waals surface area contributed by atoms with Gasteiger partial charge in [-0.2, -0.15) is 0 Å². The van der Waals surface area contributed by atoms with Crippen molar-refractivity contribution in [3.05, 3.63) is 44.8 Å². The van der Waals surface area contributed by atoms with E-state index in [-0.39, 0.29) is 29.8 Å². The summed E-state index contributed by atoms with van der Waals surface area (Å²) in [5, 5.41) is 14.9. The summed E-state index contributed by atoms with van der Waals surface area (Å²) >= 11 is 2.46. The highest BCUT2D eigenvalue weighted by atomic mass is 79.9. The number of piperidine rings is 1. The smallest absolute Gasteiger partial charge is 0.349 e. The van der Waals surface area contributed by atoms with E-state index in [1.165, 1.54) is 22.7 Å². The molecule has 5 heterocycles. The van der Waals surface area contributed by atoms with Gasteiger partial charge >= 0.3 is 5.97 Å². The average molecular weight is 478 g/mol. The highest BCUT2D eigenvalue weighted by molar-refractivity contribution is 7.12. The molecule has 8 heteroatoms. The fourth-order valence-corrected chi connectivity index (χ4v) is 6.04.